The van der Waals surface area contributed by atoms with Crippen LogP contribution in [0.25, 0.3) is 17.0 Å². The maximum absolute atomic E-state index is 6.02. The van der Waals surface area contributed by atoms with E-state index in [1.807, 2.05) is 18.2 Å². The van der Waals surface area contributed by atoms with Crippen LogP contribution in [0.15, 0.2) is 42.7 Å². The second-order valence-corrected chi connectivity index (χ2v) is 7.88. The topological polar surface area (TPSA) is 36.7 Å². The van der Waals surface area contributed by atoms with Crippen LogP contribution in [0.4, 0.5) is 0 Å². The minimum atomic E-state index is 0.648. The Kier molecular flexibility index (Phi) is 3.96. The Morgan fingerprint density at radius 1 is 1.12 bits per heavy atom. The van der Waals surface area contributed by atoms with E-state index >= 15 is 0 Å². The first kappa shape index (κ1) is 16.2. The lowest BCUT2D eigenvalue weighted by Gasteiger charge is -2.38. The Balaban J connectivity index is 1.53. The molecule has 134 valence electrons. The summed E-state index contributed by atoms with van der Waals surface area (Å²) in [4.78, 5) is 14.5. The van der Waals surface area contributed by atoms with E-state index in [-0.39, 0.29) is 0 Å². The average molecular weight is 368 g/mol. The molecule has 5 nitrogen and oxygen atoms in total. The standard InChI is InChI=1S/C20H22ClN5/c1-24-15-6-7-16(24)12-25(11-15)13-18-20(17-8-5-14(21)10-22-17)23-19-4-2-3-9-26(18)19/h2-5,8-10,15-16H,6-7,11-13H2,1H3. The Morgan fingerprint density at radius 2 is 1.92 bits per heavy atom. The van der Waals surface area contributed by atoms with Gasteiger partial charge in [-0.05, 0) is 44.2 Å². The van der Waals surface area contributed by atoms with Crippen molar-refractivity contribution in [1.29, 1.82) is 0 Å². The number of nitrogens with zero attached hydrogens (tertiary/aromatic N) is 5. The molecule has 0 aliphatic carbocycles. The summed E-state index contributed by atoms with van der Waals surface area (Å²) >= 11 is 6.02. The molecular weight excluding hydrogens is 346 g/mol. The number of pyridine rings is 2. The van der Waals surface area contributed by atoms with Crippen molar-refractivity contribution in [2.45, 2.75) is 31.5 Å². The number of aromatic nitrogens is 3. The summed E-state index contributed by atoms with van der Waals surface area (Å²) in [7, 11) is 2.27. The Bertz CT molecular complexity index is 921. The van der Waals surface area contributed by atoms with Gasteiger partial charge in [-0.2, -0.15) is 0 Å². The summed E-state index contributed by atoms with van der Waals surface area (Å²) in [6, 6.07) is 11.4. The van der Waals surface area contributed by atoms with Crippen LogP contribution in [0.3, 0.4) is 0 Å². The minimum absolute atomic E-state index is 0.648. The Morgan fingerprint density at radius 3 is 2.65 bits per heavy atom. The van der Waals surface area contributed by atoms with Gasteiger partial charge in [0.15, 0.2) is 0 Å². The van der Waals surface area contributed by atoms with Gasteiger partial charge in [0.2, 0.25) is 0 Å². The number of imidazole rings is 1. The van der Waals surface area contributed by atoms with E-state index in [9.17, 15) is 0 Å². The molecule has 0 aromatic carbocycles. The molecule has 0 saturated carbocycles. The van der Waals surface area contributed by atoms with Crippen LogP contribution >= 0.6 is 11.6 Å². The lowest BCUT2D eigenvalue weighted by atomic mass is 10.1. The van der Waals surface area contributed by atoms with Gasteiger partial charge in [0, 0.05) is 44.1 Å². The van der Waals surface area contributed by atoms with Gasteiger partial charge in [0.1, 0.15) is 11.3 Å². The summed E-state index contributed by atoms with van der Waals surface area (Å²) < 4.78 is 2.20. The van der Waals surface area contributed by atoms with Gasteiger partial charge in [-0.15, -0.1) is 0 Å². The third-order valence-electron chi connectivity index (χ3n) is 5.90. The summed E-state index contributed by atoms with van der Waals surface area (Å²) in [5.41, 5.74) is 4.01. The smallest absolute Gasteiger partial charge is 0.137 e. The highest BCUT2D eigenvalue weighted by Crippen LogP contribution is 2.31. The van der Waals surface area contributed by atoms with Crippen LogP contribution in [0.2, 0.25) is 5.02 Å². The lowest BCUT2D eigenvalue weighted by Crippen LogP contribution is -2.51. The molecule has 2 bridgehead atoms. The first-order valence-corrected chi connectivity index (χ1v) is 9.59. The normalized spacial score (nSPS) is 23.8. The number of rotatable bonds is 3. The molecule has 0 N–H and O–H groups in total. The van der Waals surface area contributed by atoms with E-state index in [0.717, 1.165) is 36.7 Å². The molecule has 2 unspecified atom stereocenters. The van der Waals surface area contributed by atoms with Crippen LogP contribution in [-0.4, -0.2) is 56.4 Å². The number of fused-ring (bicyclic) bond motifs is 3. The first-order valence-electron chi connectivity index (χ1n) is 9.21. The zero-order valence-corrected chi connectivity index (χ0v) is 15.6. The van der Waals surface area contributed by atoms with Crippen LogP contribution in [0.5, 0.6) is 0 Å². The second-order valence-electron chi connectivity index (χ2n) is 7.44. The maximum Gasteiger partial charge on any atom is 0.137 e. The van der Waals surface area contributed by atoms with Crippen molar-refractivity contribution in [3.05, 3.63) is 53.4 Å². The zero-order chi connectivity index (χ0) is 17.7. The molecule has 2 aliphatic rings. The molecule has 2 fully saturated rings. The summed E-state index contributed by atoms with van der Waals surface area (Å²) in [6.07, 6.45) is 6.43. The van der Waals surface area contributed by atoms with E-state index in [1.54, 1.807) is 6.20 Å². The molecule has 0 radical (unpaired) electrons. The zero-order valence-electron chi connectivity index (χ0n) is 14.8. The number of hydrogen-bond donors (Lipinski definition) is 0. The first-order chi connectivity index (χ1) is 12.7. The summed E-state index contributed by atoms with van der Waals surface area (Å²) in [6.45, 7) is 3.15. The predicted molar refractivity (Wildman–Crippen MR) is 103 cm³/mol. The molecule has 3 aromatic rings. The fourth-order valence-corrected chi connectivity index (χ4v) is 4.57. The Labute approximate surface area is 158 Å². The molecule has 26 heavy (non-hydrogen) atoms. The van der Waals surface area contributed by atoms with Gasteiger partial charge in [-0.1, -0.05) is 17.7 Å². The van der Waals surface area contributed by atoms with Crippen molar-refractivity contribution in [3.63, 3.8) is 0 Å². The van der Waals surface area contributed by atoms with E-state index in [4.69, 9.17) is 16.6 Å². The Hall–Kier alpha value is -1.95. The minimum Gasteiger partial charge on any atom is -0.302 e. The van der Waals surface area contributed by atoms with Crippen molar-refractivity contribution in [2.24, 2.45) is 0 Å². The maximum atomic E-state index is 6.02. The van der Waals surface area contributed by atoms with E-state index in [1.165, 1.54) is 18.5 Å². The summed E-state index contributed by atoms with van der Waals surface area (Å²) in [5.74, 6) is 0. The lowest BCUT2D eigenvalue weighted by molar-refractivity contribution is 0.0828. The number of likely N-dealkylation sites (N-methyl/N-ethyl adjacent to an activating group) is 1. The van der Waals surface area contributed by atoms with Gasteiger partial charge in [-0.3, -0.25) is 14.8 Å². The van der Waals surface area contributed by atoms with E-state index in [0.29, 0.717) is 17.1 Å². The third kappa shape index (κ3) is 2.71. The molecule has 2 atom stereocenters. The number of piperazine rings is 1. The average Bonchev–Trinajstić information content (AvgIpc) is 3.08. The molecule has 5 rings (SSSR count). The molecule has 3 aromatic heterocycles. The quantitative estimate of drug-likeness (QED) is 0.711. The molecule has 5 heterocycles. The van der Waals surface area contributed by atoms with E-state index < -0.39 is 0 Å². The van der Waals surface area contributed by atoms with Gasteiger partial charge >= 0.3 is 0 Å². The highest BCUT2D eigenvalue weighted by molar-refractivity contribution is 6.30. The molecule has 6 heteroatoms. The van der Waals surface area contributed by atoms with Crippen LogP contribution in [-0.2, 0) is 6.54 Å². The number of likely N-dealkylation sites (tertiary alicyclic amines) is 1. The highest BCUT2D eigenvalue weighted by Gasteiger charge is 2.37. The predicted octanol–water partition coefficient (Wildman–Crippen LogP) is 3.33. The molecule has 2 aliphatic heterocycles. The number of halogens is 1. The van der Waals surface area contributed by atoms with Crippen LogP contribution < -0.4 is 0 Å². The molecule has 2 saturated heterocycles. The van der Waals surface area contributed by atoms with Crippen LogP contribution in [0, 0.1) is 0 Å². The molecule has 0 amide bonds. The fourth-order valence-electron chi connectivity index (χ4n) is 4.46. The van der Waals surface area contributed by atoms with E-state index in [2.05, 4.69) is 44.6 Å². The van der Waals surface area contributed by atoms with Crippen molar-refractivity contribution in [2.75, 3.05) is 20.1 Å². The van der Waals surface area contributed by atoms with Crippen molar-refractivity contribution in [3.8, 4) is 11.4 Å². The fraction of sp³-hybridized carbons (Fsp3) is 0.400. The highest BCUT2D eigenvalue weighted by atomic mass is 35.5. The second kappa shape index (κ2) is 6.34. The van der Waals surface area contributed by atoms with Gasteiger partial charge in [0.05, 0.1) is 16.4 Å². The van der Waals surface area contributed by atoms with Crippen LogP contribution in [0.1, 0.15) is 18.5 Å². The third-order valence-corrected chi connectivity index (χ3v) is 6.12. The molecule has 0 spiro atoms. The monoisotopic (exact) mass is 367 g/mol. The number of hydrogen-bond acceptors (Lipinski definition) is 4. The SMILES string of the molecule is CN1C2CCC1CN(Cc1c(-c3ccc(Cl)cn3)nc3ccccn13)C2. The summed E-state index contributed by atoms with van der Waals surface area (Å²) in [5, 5.41) is 0.648. The van der Waals surface area contributed by atoms with Crippen molar-refractivity contribution >= 4 is 17.2 Å². The van der Waals surface area contributed by atoms with Gasteiger partial charge in [-0.25, -0.2) is 4.98 Å². The van der Waals surface area contributed by atoms with Crippen molar-refractivity contribution in [1.82, 2.24) is 24.2 Å². The largest absolute Gasteiger partial charge is 0.302 e. The van der Waals surface area contributed by atoms with Gasteiger partial charge < -0.3 is 4.40 Å². The van der Waals surface area contributed by atoms with Gasteiger partial charge in [0.25, 0.3) is 0 Å². The van der Waals surface area contributed by atoms with Crippen molar-refractivity contribution < 1.29 is 0 Å². The molecular formula is C20H22ClN5.